The monoisotopic (exact) mass is 501 g/mol. The van der Waals surface area contributed by atoms with E-state index in [1.54, 1.807) is 0 Å². The molecule has 6 atom stereocenters. The molecule has 0 unspecified atom stereocenters. The van der Waals surface area contributed by atoms with Gasteiger partial charge < -0.3 is 30.9 Å². The second-order valence-electron chi connectivity index (χ2n) is 9.14. The lowest BCUT2D eigenvalue weighted by Gasteiger charge is -2.47. The number of hydrogen-bond acceptors (Lipinski definition) is 7. The quantitative estimate of drug-likeness (QED) is 0.341. The van der Waals surface area contributed by atoms with Crippen LogP contribution in [0.5, 0.6) is 0 Å². The smallest absolute Gasteiger partial charge is 0.353 e. The lowest BCUT2D eigenvalue weighted by Crippen LogP contribution is -2.66. The van der Waals surface area contributed by atoms with E-state index in [1.165, 1.54) is 23.6 Å². The fraction of sp³-hybridized carbons (Fsp3) is 0.714. The van der Waals surface area contributed by atoms with Crippen molar-refractivity contribution in [3.63, 3.8) is 0 Å². The van der Waals surface area contributed by atoms with Gasteiger partial charge in [-0.25, -0.2) is 4.79 Å². The van der Waals surface area contributed by atoms with E-state index >= 15 is 0 Å². The Kier molecular flexibility index (Phi) is 7.15. The Morgan fingerprint density at radius 1 is 1.24 bits per heavy atom. The highest BCUT2D eigenvalue weighted by atomic mass is 32.2. The molecule has 0 radical (unpaired) electrons. The van der Waals surface area contributed by atoms with E-state index in [-0.39, 0.29) is 28.8 Å². The number of rotatable bonds is 7. The second kappa shape index (κ2) is 9.78. The molecular formula is C21H29F2N5O5S. The number of aliphatic carboxylic acids is 1. The summed E-state index contributed by atoms with van der Waals surface area (Å²) in [6.07, 6.45) is -2.65. The van der Waals surface area contributed by atoms with E-state index in [9.17, 15) is 33.1 Å². The first kappa shape index (κ1) is 24.9. The number of nitrogens with one attached hydrogen (secondary N) is 3. The number of carboxylic acid groups (broad SMARTS) is 1. The molecule has 0 bridgehead atoms. The normalized spacial score (nSPS) is 32.0. The van der Waals surface area contributed by atoms with E-state index in [2.05, 4.69) is 16.0 Å². The zero-order chi connectivity index (χ0) is 24.7. The van der Waals surface area contributed by atoms with Crippen molar-refractivity contribution < 1.29 is 33.1 Å². The van der Waals surface area contributed by atoms with Gasteiger partial charge in [-0.3, -0.25) is 14.4 Å². The van der Waals surface area contributed by atoms with Gasteiger partial charge in [-0.15, -0.1) is 11.8 Å². The molecule has 188 valence electrons. The number of alkyl halides is 2. The molecule has 0 aliphatic carbocycles. The average Bonchev–Trinajstić information content (AvgIpc) is 3.35. The minimum absolute atomic E-state index is 0.0409. The van der Waals surface area contributed by atoms with Gasteiger partial charge in [0.25, 0.3) is 5.91 Å². The minimum Gasteiger partial charge on any atom is -0.477 e. The lowest BCUT2D eigenvalue weighted by molar-refractivity contribution is -0.159. The Balaban J connectivity index is 1.44. The van der Waals surface area contributed by atoms with Gasteiger partial charge in [-0.1, -0.05) is 6.92 Å². The van der Waals surface area contributed by atoms with Crippen molar-refractivity contribution in [2.24, 2.45) is 11.8 Å². The van der Waals surface area contributed by atoms with Crippen molar-refractivity contribution in [2.75, 3.05) is 32.7 Å². The number of thioether (sulfide) groups is 1. The Hall–Kier alpha value is -2.25. The fourth-order valence-corrected chi connectivity index (χ4v) is 6.82. The largest absolute Gasteiger partial charge is 0.477 e. The predicted molar refractivity (Wildman–Crippen MR) is 119 cm³/mol. The summed E-state index contributed by atoms with van der Waals surface area (Å²) in [7, 11) is 0. The molecular weight excluding hydrogens is 472 g/mol. The molecule has 4 heterocycles. The molecule has 13 heteroatoms. The maximum Gasteiger partial charge on any atom is 0.353 e. The summed E-state index contributed by atoms with van der Waals surface area (Å²) in [5.41, 5.74) is -0.0898. The second-order valence-corrected chi connectivity index (χ2v) is 10.5. The fourth-order valence-electron chi connectivity index (χ4n) is 5.34. The third-order valence-corrected chi connectivity index (χ3v) is 8.52. The molecule has 4 N–H and O–H groups in total. The molecule has 4 rings (SSSR count). The van der Waals surface area contributed by atoms with Crippen molar-refractivity contribution >= 4 is 35.5 Å². The van der Waals surface area contributed by atoms with E-state index < -0.39 is 42.2 Å². The zero-order valence-corrected chi connectivity index (χ0v) is 19.7. The van der Waals surface area contributed by atoms with Crippen LogP contribution in [-0.2, 0) is 19.2 Å². The highest BCUT2D eigenvalue weighted by molar-refractivity contribution is 8.03. The van der Waals surface area contributed by atoms with Crippen LogP contribution in [0.2, 0.25) is 0 Å². The third-order valence-electron chi connectivity index (χ3n) is 7.01. The summed E-state index contributed by atoms with van der Waals surface area (Å²) in [6.45, 7) is 6.63. The van der Waals surface area contributed by atoms with Crippen LogP contribution in [0.3, 0.4) is 0 Å². The molecule has 0 spiro atoms. The van der Waals surface area contributed by atoms with Crippen molar-refractivity contribution in [1.82, 2.24) is 25.8 Å². The summed E-state index contributed by atoms with van der Waals surface area (Å²) >= 11 is 1.36. The van der Waals surface area contributed by atoms with Crippen molar-refractivity contribution in [3.05, 3.63) is 10.6 Å². The summed E-state index contributed by atoms with van der Waals surface area (Å²) in [5, 5.41) is 18.4. The van der Waals surface area contributed by atoms with Gasteiger partial charge >= 0.3 is 12.4 Å². The lowest BCUT2D eigenvalue weighted by atomic mass is 9.78. The molecule has 0 aromatic carbocycles. The van der Waals surface area contributed by atoms with Gasteiger partial charge in [0.05, 0.1) is 18.0 Å². The standard InChI is InChI=1S/C21H29F2N5O5S/c1-9-14-13(10(2)26-18(29)17(22)23)20(31)28(14)15(21(32)33)16(9)34-11-7-12(25-8-11)19(30)27-5-3-24-4-6-27/h9-14,17,24-25H,3-8H2,1-2H3,(H,26,29)(H,32,33)/t9-,10-,11+,12+,13-,14-/m1/s1. The molecule has 4 aliphatic heterocycles. The van der Waals surface area contributed by atoms with Crippen LogP contribution in [0.4, 0.5) is 8.78 Å². The number of hydrogen-bond donors (Lipinski definition) is 4. The van der Waals surface area contributed by atoms with Crippen LogP contribution in [0.15, 0.2) is 10.6 Å². The van der Waals surface area contributed by atoms with Gasteiger partial charge in [0.15, 0.2) is 0 Å². The van der Waals surface area contributed by atoms with E-state index in [0.717, 1.165) is 13.1 Å². The molecule has 10 nitrogen and oxygen atoms in total. The molecule has 34 heavy (non-hydrogen) atoms. The van der Waals surface area contributed by atoms with E-state index in [4.69, 9.17) is 0 Å². The number of carboxylic acids is 1. The average molecular weight is 502 g/mol. The minimum atomic E-state index is -3.19. The van der Waals surface area contributed by atoms with Gasteiger partial charge in [0, 0.05) is 54.8 Å². The maximum atomic E-state index is 12.8. The van der Waals surface area contributed by atoms with Crippen molar-refractivity contribution in [1.29, 1.82) is 0 Å². The number of β-lactam (4-membered cyclic amide) rings is 1. The van der Waals surface area contributed by atoms with Gasteiger partial charge in [-0.2, -0.15) is 8.78 Å². The van der Waals surface area contributed by atoms with Gasteiger partial charge in [0.1, 0.15) is 5.70 Å². The Labute approximate surface area is 199 Å². The number of carbonyl (C=O) groups excluding carboxylic acids is 3. The van der Waals surface area contributed by atoms with Crippen LogP contribution in [0, 0.1) is 11.8 Å². The Morgan fingerprint density at radius 3 is 2.53 bits per heavy atom. The number of amides is 3. The number of fused-ring (bicyclic) bond motifs is 1. The molecule has 0 aromatic heterocycles. The SMILES string of the molecule is C[C@@H](NC(=O)C(F)F)[C@H]1C(=O)N2C(C(=O)O)=C(S[C@@H]3CN[C@H](C(=O)N4CCNCC4)C3)[C@H](C)[C@H]12. The molecule has 3 saturated heterocycles. The molecule has 4 aliphatic rings. The highest BCUT2D eigenvalue weighted by Crippen LogP contribution is 2.51. The van der Waals surface area contributed by atoms with Gasteiger partial charge in [0.2, 0.25) is 11.8 Å². The first-order valence-electron chi connectivity index (χ1n) is 11.4. The van der Waals surface area contributed by atoms with Crippen molar-refractivity contribution in [2.45, 2.75) is 50.1 Å². The van der Waals surface area contributed by atoms with E-state index in [0.29, 0.717) is 31.0 Å². The Morgan fingerprint density at radius 2 is 1.91 bits per heavy atom. The highest BCUT2D eigenvalue weighted by Gasteiger charge is 2.60. The summed E-state index contributed by atoms with van der Waals surface area (Å²) in [6, 6.07) is -1.72. The first-order valence-corrected chi connectivity index (χ1v) is 12.3. The number of nitrogens with zero attached hydrogens (tertiary/aromatic N) is 2. The van der Waals surface area contributed by atoms with Crippen LogP contribution in [0.1, 0.15) is 20.3 Å². The number of halogens is 2. The summed E-state index contributed by atoms with van der Waals surface area (Å²) < 4.78 is 25.3. The topological polar surface area (TPSA) is 131 Å². The maximum absolute atomic E-state index is 12.8. The van der Waals surface area contributed by atoms with Crippen LogP contribution in [0.25, 0.3) is 0 Å². The predicted octanol–water partition coefficient (Wildman–Crippen LogP) is -0.575. The van der Waals surface area contributed by atoms with Crippen LogP contribution >= 0.6 is 11.8 Å². The van der Waals surface area contributed by atoms with E-state index in [1.807, 2.05) is 11.8 Å². The summed E-state index contributed by atoms with van der Waals surface area (Å²) in [4.78, 5) is 52.7. The first-order chi connectivity index (χ1) is 16.1. The van der Waals surface area contributed by atoms with Crippen molar-refractivity contribution in [3.8, 4) is 0 Å². The van der Waals surface area contributed by atoms with Crippen LogP contribution < -0.4 is 16.0 Å². The molecule has 3 fully saturated rings. The number of piperazine rings is 1. The molecule has 0 saturated carbocycles. The molecule has 0 aromatic rings. The third kappa shape index (κ3) is 4.40. The summed E-state index contributed by atoms with van der Waals surface area (Å²) in [5.74, 6) is -4.26. The Bertz CT molecular complexity index is 912. The van der Waals surface area contributed by atoms with Crippen LogP contribution in [-0.4, -0.2) is 101 Å². The number of carbonyl (C=O) groups is 4. The zero-order valence-electron chi connectivity index (χ0n) is 18.9. The molecule has 3 amide bonds. The van der Waals surface area contributed by atoms with Gasteiger partial charge in [-0.05, 0) is 13.3 Å².